The number of nitrogens with one attached hydrogen (secondary N) is 5. The van der Waals surface area contributed by atoms with Crippen molar-refractivity contribution in [2.75, 3.05) is 23.8 Å². The number of amides is 3. The lowest BCUT2D eigenvalue weighted by molar-refractivity contribution is -0.114. The highest BCUT2D eigenvalue weighted by Gasteiger charge is 2.13. The first kappa shape index (κ1) is 26.2. The second kappa shape index (κ2) is 12.9. The van der Waals surface area contributed by atoms with Crippen LogP contribution < -0.4 is 21.3 Å². The van der Waals surface area contributed by atoms with E-state index in [0.717, 1.165) is 0 Å². The first-order chi connectivity index (χ1) is 17.4. The van der Waals surface area contributed by atoms with Gasteiger partial charge in [0.2, 0.25) is 5.91 Å². The van der Waals surface area contributed by atoms with Crippen LogP contribution in [0.1, 0.15) is 28.4 Å². The summed E-state index contributed by atoms with van der Waals surface area (Å²) < 4.78 is 4.82. The number of rotatable bonds is 9. The maximum absolute atomic E-state index is 12.6. The quantitative estimate of drug-likeness (QED) is 0.219. The predicted octanol–water partition coefficient (Wildman–Crippen LogP) is 3.79. The summed E-state index contributed by atoms with van der Waals surface area (Å²) >= 11 is 5.97. The van der Waals surface area contributed by atoms with Crippen LogP contribution in [0.4, 0.5) is 16.2 Å². The van der Waals surface area contributed by atoms with Gasteiger partial charge in [-0.05, 0) is 48.9 Å². The van der Waals surface area contributed by atoms with Gasteiger partial charge >= 0.3 is 6.09 Å². The van der Waals surface area contributed by atoms with Gasteiger partial charge in [0.05, 0.1) is 25.0 Å². The number of alkyl carbamates (subject to hydrolysis) is 1. The minimum absolute atomic E-state index is 0.0910. The summed E-state index contributed by atoms with van der Waals surface area (Å²) in [5, 5.41) is 19.5. The number of hydrogen-bond donors (Lipinski definition) is 5. The van der Waals surface area contributed by atoms with E-state index in [9.17, 15) is 14.4 Å². The van der Waals surface area contributed by atoms with E-state index < -0.39 is 6.09 Å². The van der Waals surface area contributed by atoms with Gasteiger partial charge in [0, 0.05) is 34.6 Å². The Hall–Kier alpha value is -4.44. The molecule has 2 aromatic carbocycles. The molecule has 0 unspecified atom stereocenters. The first-order valence-electron chi connectivity index (χ1n) is 11.0. The fourth-order valence-electron chi connectivity index (χ4n) is 3.12. The molecule has 0 bridgehead atoms. The molecule has 10 nitrogen and oxygen atoms in total. The van der Waals surface area contributed by atoms with Crippen molar-refractivity contribution in [1.82, 2.24) is 15.6 Å². The number of benzene rings is 2. The number of anilines is 2. The van der Waals surface area contributed by atoms with Gasteiger partial charge in [0.1, 0.15) is 5.84 Å². The lowest BCUT2D eigenvalue weighted by Gasteiger charge is -2.15. The molecule has 0 atom stereocenters. The van der Waals surface area contributed by atoms with Crippen molar-refractivity contribution in [3.05, 3.63) is 88.7 Å². The van der Waals surface area contributed by atoms with Crippen LogP contribution in [0, 0.1) is 5.41 Å². The topological polar surface area (TPSA) is 145 Å². The molecule has 0 saturated carbocycles. The summed E-state index contributed by atoms with van der Waals surface area (Å²) in [5.41, 5.74) is 2.49. The van der Waals surface area contributed by atoms with Crippen molar-refractivity contribution >= 4 is 46.7 Å². The van der Waals surface area contributed by atoms with E-state index in [1.165, 1.54) is 6.20 Å². The number of amidine groups is 1. The SMILES string of the molecule is CCOC(=O)NC(=N)c1ccc(CNC(=O)c2cccc(Cl)c2)c(NCC(=O)Nc2cccnc2)c1. The maximum atomic E-state index is 12.6. The fraction of sp³-hybridized carbons (Fsp3) is 0.160. The Kier molecular flexibility index (Phi) is 9.35. The highest BCUT2D eigenvalue weighted by molar-refractivity contribution is 6.31. The summed E-state index contributed by atoms with van der Waals surface area (Å²) in [5.74, 6) is -0.813. The zero-order valence-electron chi connectivity index (χ0n) is 19.4. The van der Waals surface area contributed by atoms with Crippen molar-refractivity contribution in [3.8, 4) is 0 Å². The van der Waals surface area contributed by atoms with E-state index in [0.29, 0.717) is 33.1 Å². The van der Waals surface area contributed by atoms with Gasteiger partial charge in [0.25, 0.3) is 5.91 Å². The van der Waals surface area contributed by atoms with Crippen LogP contribution in [0.5, 0.6) is 0 Å². The van der Waals surface area contributed by atoms with E-state index in [1.807, 2.05) is 0 Å². The molecule has 0 aliphatic rings. The molecule has 1 aromatic heterocycles. The van der Waals surface area contributed by atoms with Crippen LogP contribution in [0.15, 0.2) is 67.0 Å². The normalized spacial score (nSPS) is 10.2. The van der Waals surface area contributed by atoms with Gasteiger partial charge in [-0.25, -0.2) is 4.79 Å². The number of nitrogens with zero attached hydrogens (tertiary/aromatic N) is 1. The van der Waals surface area contributed by atoms with Gasteiger partial charge in [-0.15, -0.1) is 0 Å². The largest absolute Gasteiger partial charge is 0.450 e. The highest BCUT2D eigenvalue weighted by atomic mass is 35.5. The van der Waals surface area contributed by atoms with Crippen LogP contribution in [0.3, 0.4) is 0 Å². The zero-order chi connectivity index (χ0) is 25.9. The second-order valence-electron chi connectivity index (χ2n) is 7.43. The number of carbonyl (C=O) groups excluding carboxylic acids is 3. The molecule has 36 heavy (non-hydrogen) atoms. The molecule has 0 radical (unpaired) electrons. The Morgan fingerprint density at radius 3 is 2.61 bits per heavy atom. The third kappa shape index (κ3) is 7.81. The summed E-state index contributed by atoms with van der Waals surface area (Å²) in [6.07, 6.45) is 2.38. The maximum Gasteiger partial charge on any atom is 0.412 e. The molecule has 3 aromatic rings. The van der Waals surface area contributed by atoms with Crippen molar-refractivity contribution < 1.29 is 19.1 Å². The standard InChI is InChI=1S/C25H25ClN6O4/c1-2-36-25(35)32-23(27)16-8-9-18(13-30-24(34)17-5-3-6-19(26)11-17)21(12-16)29-15-22(33)31-20-7-4-10-28-14-20/h3-12,14,29H,2,13,15H2,1H3,(H,30,34)(H,31,33)(H2,27,32,35). The van der Waals surface area contributed by atoms with Gasteiger partial charge < -0.3 is 20.7 Å². The highest BCUT2D eigenvalue weighted by Crippen LogP contribution is 2.19. The molecule has 1 heterocycles. The Bertz CT molecular complexity index is 1250. The van der Waals surface area contributed by atoms with Crippen LogP contribution in [0.2, 0.25) is 5.02 Å². The molecule has 0 aliphatic heterocycles. The van der Waals surface area contributed by atoms with Gasteiger partial charge in [-0.2, -0.15) is 0 Å². The number of ether oxygens (including phenoxy) is 1. The van der Waals surface area contributed by atoms with Crippen molar-refractivity contribution in [3.63, 3.8) is 0 Å². The van der Waals surface area contributed by atoms with Crippen molar-refractivity contribution in [2.24, 2.45) is 0 Å². The second-order valence-corrected chi connectivity index (χ2v) is 7.87. The molecular formula is C25H25ClN6O4. The summed E-state index contributed by atoms with van der Waals surface area (Å²) in [4.78, 5) is 40.6. The Balaban J connectivity index is 1.74. The molecule has 186 valence electrons. The minimum atomic E-state index is -0.745. The summed E-state index contributed by atoms with van der Waals surface area (Å²) in [6.45, 7) is 1.88. The molecular weight excluding hydrogens is 484 g/mol. The molecule has 5 N–H and O–H groups in total. The van der Waals surface area contributed by atoms with E-state index >= 15 is 0 Å². The van der Waals surface area contributed by atoms with Crippen molar-refractivity contribution in [1.29, 1.82) is 5.41 Å². The third-order valence-corrected chi connectivity index (χ3v) is 5.05. The molecule has 3 rings (SSSR count). The number of halogens is 1. The van der Waals surface area contributed by atoms with E-state index in [4.69, 9.17) is 21.7 Å². The number of hydrogen-bond acceptors (Lipinski definition) is 7. The average molecular weight is 509 g/mol. The number of pyridine rings is 1. The molecule has 0 spiro atoms. The predicted molar refractivity (Wildman–Crippen MR) is 137 cm³/mol. The van der Waals surface area contributed by atoms with Gasteiger partial charge in [-0.1, -0.05) is 29.8 Å². The monoisotopic (exact) mass is 508 g/mol. The van der Waals surface area contributed by atoms with Gasteiger partial charge in [0.15, 0.2) is 0 Å². The zero-order valence-corrected chi connectivity index (χ0v) is 20.2. The Morgan fingerprint density at radius 1 is 1.06 bits per heavy atom. The van der Waals surface area contributed by atoms with E-state index in [-0.39, 0.29) is 37.3 Å². The third-order valence-electron chi connectivity index (χ3n) is 4.81. The van der Waals surface area contributed by atoms with Crippen LogP contribution >= 0.6 is 11.6 Å². The molecule has 11 heteroatoms. The van der Waals surface area contributed by atoms with Crippen LogP contribution in [-0.4, -0.2) is 41.9 Å². The molecule has 0 saturated heterocycles. The smallest absolute Gasteiger partial charge is 0.412 e. The Labute approximate surface area is 212 Å². The first-order valence-corrected chi connectivity index (χ1v) is 11.4. The average Bonchev–Trinajstić information content (AvgIpc) is 2.87. The summed E-state index contributed by atoms with van der Waals surface area (Å²) in [7, 11) is 0. The molecule has 0 aliphatic carbocycles. The summed E-state index contributed by atoms with van der Waals surface area (Å²) in [6, 6.07) is 14.9. The van der Waals surface area contributed by atoms with Gasteiger partial charge in [-0.3, -0.25) is 25.3 Å². The minimum Gasteiger partial charge on any atom is -0.450 e. The van der Waals surface area contributed by atoms with Crippen LogP contribution in [-0.2, 0) is 16.1 Å². The van der Waals surface area contributed by atoms with E-state index in [1.54, 1.807) is 67.7 Å². The number of carbonyl (C=O) groups is 3. The Morgan fingerprint density at radius 2 is 1.89 bits per heavy atom. The lowest BCUT2D eigenvalue weighted by Crippen LogP contribution is -2.31. The number of aromatic nitrogens is 1. The fourth-order valence-corrected chi connectivity index (χ4v) is 3.31. The lowest BCUT2D eigenvalue weighted by atomic mass is 10.1. The van der Waals surface area contributed by atoms with Crippen LogP contribution in [0.25, 0.3) is 0 Å². The van der Waals surface area contributed by atoms with E-state index in [2.05, 4.69) is 26.3 Å². The van der Waals surface area contributed by atoms with Crippen molar-refractivity contribution in [2.45, 2.75) is 13.5 Å². The molecule has 0 fully saturated rings. The molecule has 3 amide bonds.